The van der Waals surface area contributed by atoms with Crippen LogP contribution in [-0.4, -0.2) is 45.0 Å². The molecule has 1 saturated heterocycles. The average molecular weight is 284 g/mol. The molecule has 1 atom stereocenters. The maximum atomic E-state index is 4.44. The summed E-state index contributed by atoms with van der Waals surface area (Å²) in [6.45, 7) is 7.69. The molecule has 1 aliphatic rings. The second kappa shape index (κ2) is 6.41. The zero-order valence-corrected chi connectivity index (χ0v) is 12.9. The van der Waals surface area contributed by atoms with Crippen molar-refractivity contribution in [2.24, 2.45) is 7.05 Å². The molecule has 1 aromatic carbocycles. The Balaban J connectivity index is 1.56. The third kappa shape index (κ3) is 3.52. The molecule has 21 heavy (non-hydrogen) atoms. The third-order valence-electron chi connectivity index (χ3n) is 4.36. The number of aromatic nitrogens is 2. The van der Waals surface area contributed by atoms with Gasteiger partial charge in [0.1, 0.15) is 5.82 Å². The van der Waals surface area contributed by atoms with Gasteiger partial charge >= 0.3 is 0 Å². The van der Waals surface area contributed by atoms with Crippen LogP contribution < -0.4 is 0 Å². The molecule has 4 nitrogen and oxygen atoms in total. The van der Waals surface area contributed by atoms with E-state index in [4.69, 9.17) is 0 Å². The Bertz CT molecular complexity index is 563. The van der Waals surface area contributed by atoms with Crippen LogP contribution in [0.4, 0.5) is 0 Å². The van der Waals surface area contributed by atoms with Crippen LogP contribution in [0.3, 0.4) is 0 Å². The minimum Gasteiger partial charge on any atom is -0.337 e. The van der Waals surface area contributed by atoms with Crippen LogP contribution in [0.15, 0.2) is 42.7 Å². The van der Waals surface area contributed by atoms with E-state index in [1.54, 1.807) is 0 Å². The molecular weight excluding hydrogens is 260 g/mol. The largest absolute Gasteiger partial charge is 0.337 e. The molecule has 1 aliphatic heterocycles. The highest BCUT2D eigenvalue weighted by atomic mass is 15.3. The van der Waals surface area contributed by atoms with Crippen LogP contribution in [0, 0.1) is 0 Å². The van der Waals surface area contributed by atoms with Crippen molar-refractivity contribution in [1.29, 1.82) is 0 Å². The van der Waals surface area contributed by atoms with E-state index in [1.807, 2.05) is 12.4 Å². The Kier molecular flexibility index (Phi) is 4.36. The number of imidazole rings is 1. The first kappa shape index (κ1) is 14.3. The number of piperazine rings is 1. The molecule has 0 N–H and O–H groups in total. The summed E-state index contributed by atoms with van der Waals surface area (Å²) >= 11 is 0. The highest BCUT2D eigenvalue weighted by Gasteiger charge is 2.24. The standard InChI is InChI=1S/C17H24N4/c1-15-12-20(13-16-6-4-3-5-7-16)10-11-21(15)14-17-18-8-9-19(17)2/h3-9,15H,10-14H2,1-2H3/t15-/m0/s1. The number of hydrogen-bond acceptors (Lipinski definition) is 3. The van der Waals surface area contributed by atoms with Crippen molar-refractivity contribution in [3.05, 3.63) is 54.1 Å². The summed E-state index contributed by atoms with van der Waals surface area (Å²) in [6.07, 6.45) is 3.90. The normalized spacial score (nSPS) is 20.8. The minimum atomic E-state index is 0.569. The molecule has 1 aromatic heterocycles. The van der Waals surface area contributed by atoms with E-state index in [1.165, 1.54) is 5.56 Å². The molecule has 0 aliphatic carbocycles. The zero-order chi connectivity index (χ0) is 14.7. The lowest BCUT2D eigenvalue weighted by atomic mass is 10.1. The van der Waals surface area contributed by atoms with Crippen molar-refractivity contribution in [3.8, 4) is 0 Å². The summed E-state index contributed by atoms with van der Waals surface area (Å²) in [5.74, 6) is 1.15. The lowest BCUT2D eigenvalue weighted by Gasteiger charge is -2.39. The van der Waals surface area contributed by atoms with Gasteiger partial charge in [0.25, 0.3) is 0 Å². The maximum absolute atomic E-state index is 4.44. The van der Waals surface area contributed by atoms with Gasteiger partial charge in [0.2, 0.25) is 0 Å². The van der Waals surface area contributed by atoms with Crippen LogP contribution in [-0.2, 0) is 20.1 Å². The van der Waals surface area contributed by atoms with E-state index in [0.717, 1.165) is 38.5 Å². The van der Waals surface area contributed by atoms with E-state index in [9.17, 15) is 0 Å². The van der Waals surface area contributed by atoms with E-state index >= 15 is 0 Å². The number of hydrogen-bond donors (Lipinski definition) is 0. The molecule has 0 amide bonds. The lowest BCUT2D eigenvalue weighted by molar-refractivity contribution is 0.0707. The van der Waals surface area contributed by atoms with Gasteiger partial charge in [-0.15, -0.1) is 0 Å². The molecular formula is C17H24N4. The summed E-state index contributed by atoms with van der Waals surface area (Å²) in [7, 11) is 2.07. The first-order valence-electron chi connectivity index (χ1n) is 7.69. The topological polar surface area (TPSA) is 24.3 Å². The Morgan fingerprint density at radius 1 is 1.14 bits per heavy atom. The molecule has 0 unspecified atom stereocenters. The van der Waals surface area contributed by atoms with Crippen molar-refractivity contribution in [3.63, 3.8) is 0 Å². The highest BCUT2D eigenvalue weighted by Crippen LogP contribution is 2.15. The van der Waals surface area contributed by atoms with Crippen LogP contribution in [0.2, 0.25) is 0 Å². The Morgan fingerprint density at radius 3 is 2.62 bits per heavy atom. The zero-order valence-electron chi connectivity index (χ0n) is 12.9. The second-order valence-corrected chi connectivity index (χ2v) is 5.99. The fraction of sp³-hybridized carbons (Fsp3) is 0.471. The van der Waals surface area contributed by atoms with Crippen molar-refractivity contribution < 1.29 is 0 Å². The van der Waals surface area contributed by atoms with Crippen LogP contribution >= 0.6 is 0 Å². The molecule has 2 aromatic rings. The molecule has 0 saturated carbocycles. The Morgan fingerprint density at radius 2 is 1.95 bits per heavy atom. The molecule has 3 rings (SSSR count). The van der Waals surface area contributed by atoms with Crippen molar-refractivity contribution in [2.75, 3.05) is 19.6 Å². The minimum absolute atomic E-state index is 0.569. The predicted molar refractivity (Wildman–Crippen MR) is 84.8 cm³/mol. The van der Waals surface area contributed by atoms with Gasteiger partial charge in [0.15, 0.2) is 0 Å². The van der Waals surface area contributed by atoms with Gasteiger partial charge in [-0.2, -0.15) is 0 Å². The highest BCUT2D eigenvalue weighted by molar-refractivity contribution is 5.14. The molecule has 0 radical (unpaired) electrons. The van der Waals surface area contributed by atoms with Crippen LogP contribution in [0.1, 0.15) is 18.3 Å². The number of benzene rings is 1. The summed E-state index contributed by atoms with van der Waals surface area (Å²) in [6, 6.07) is 11.3. The van der Waals surface area contributed by atoms with Gasteiger partial charge in [-0.05, 0) is 12.5 Å². The van der Waals surface area contributed by atoms with Crippen LogP contribution in [0.5, 0.6) is 0 Å². The molecule has 2 heterocycles. The summed E-state index contributed by atoms with van der Waals surface area (Å²) in [5, 5.41) is 0. The van der Waals surface area contributed by atoms with Crippen LogP contribution in [0.25, 0.3) is 0 Å². The smallest absolute Gasteiger partial charge is 0.122 e. The van der Waals surface area contributed by atoms with Crippen molar-refractivity contribution >= 4 is 0 Å². The van der Waals surface area contributed by atoms with E-state index in [0.29, 0.717) is 6.04 Å². The lowest BCUT2D eigenvalue weighted by Crippen LogP contribution is -2.51. The Hall–Kier alpha value is -1.65. The first-order valence-corrected chi connectivity index (χ1v) is 7.69. The van der Waals surface area contributed by atoms with E-state index in [-0.39, 0.29) is 0 Å². The first-order chi connectivity index (χ1) is 10.2. The summed E-state index contributed by atoms with van der Waals surface area (Å²) < 4.78 is 2.11. The molecule has 4 heteroatoms. The fourth-order valence-electron chi connectivity index (χ4n) is 3.02. The van der Waals surface area contributed by atoms with Gasteiger partial charge in [-0.1, -0.05) is 30.3 Å². The predicted octanol–water partition coefficient (Wildman–Crippen LogP) is 2.13. The number of rotatable bonds is 4. The van der Waals surface area contributed by atoms with Gasteiger partial charge in [0.05, 0.1) is 6.54 Å². The monoisotopic (exact) mass is 284 g/mol. The van der Waals surface area contributed by atoms with Crippen molar-refractivity contribution in [2.45, 2.75) is 26.1 Å². The fourth-order valence-corrected chi connectivity index (χ4v) is 3.02. The van der Waals surface area contributed by atoms with E-state index in [2.05, 4.69) is 63.7 Å². The molecule has 1 fully saturated rings. The summed E-state index contributed by atoms with van der Waals surface area (Å²) in [4.78, 5) is 9.52. The van der Waals surface area contributed by atoms with Gasteiger partial charge in [0, 0.05) is 51.7 Å². The maximum Gasteiger partial charge on any atom is 0.122 e. The quantitative estimate of drug-likeness (QED) is 0.859. The number of nitrogens with zero attached hydrogens (tertiary/aromatic N) is 4. The average Bonchev–Trinajstić information content (AvgIpc) is 2.88. The van der Waals surface area contributed by atoms with Crippen molar-refractivity contribution in [1.82, 2.24) is 19.4 Å². The molecule has 0 spiro atoms. The Labute approximate surface area is 127 Å². The van der Waals surface area contributed by atoms with Gasteiger partial charge < -0.3 is 4.57 Å². The summed E-state index contributed by atoms with van der Waals surface area (Å²) in [5.41, 5.74) is 1.40. The molecule has 0 bridgehead atoms. The SMILES string of the molecule is C[C@H]1CN(Cc2ccccc2)CCN1Cc1nccn1C. The second-order valence-electron chi connectivity index (χ2n) is 5.99. The van der Waals surface area contributed by atoms with Gasteiger partial charge in [-0.25, -0.2) is 4.98 Å². The third-order valence-corrected chi connectivity index (χ3v) is 4.36. The van der Waals surface area contributed by atoms with E-state index < -0.39 is 0 Å². The van der Waals surface area contributed by atoms with Gasteiger partial charge in [-0.3, -0.25) is 9.80 Å². The molecule has 112 valence electrons. The number of aryl methyl sites for hydroxylation is 1.